The highest BCUT2D eigenvalue weighted by Crippen LogP contribution is 2.40. The van der Waals surface area contributed by atoms with E-state index in [0.717, 1.165) is 106 Å². The van der Waals surface area contributed by atoms with Gasteiger partial charge in [-0.3, -0.25) is 19.2 Å². The molecule has 700 valence electrons. The van der Waals surface area contributed by atoms with Crippen LogP contribution >= 0.6 is 58.0 Å². The van der Waals surface area contributed by atoms with Gasteiger partial charge in [-0.1, -0.05) is 152 Å². The molecular formula is C89H125BCl5F3N8O19S. The van der Waals surface area contributed by atoms with Gasteiger partial charge in [0.05, 0.1) is 126 Å². The van der Waals surface area contributed by atoms with Gasteiger partial charge >= 0.3 is 19.1 Å². The van der Waals surface area contributed by atoms with Crippen molar-refractivity contribution in [3.8, 4) is 17.1 Å². The second kappa shape index (κ2) is 48.1. The molecule has 27 nitrogen and oxygen atoms in total. The Hall–Kier alpha value is -5.70. The summed E-state index contributed by atoms with van der Waals surface area (Å²) in [7, 11) is -2.49. The van der Waals surface area contributed by atoms with Gasteiger partial charge in [0, 0.05) is 71.3 Å². The van der Waals surface area contributed by atoms with Gasteiger partial charge in [-0.15, -0.1) is 0 Å². The van der Waals surface area contributed by atoms with Crippen molar-refractivity contribution < 1.29 is 99.1 Å². The van der Waals surface area contributed by atoms with Gasteiger partial charge in [0.1, 0.15) is 52.2 Å². The van der Waals surface area contributed by atoms with Gasteiger partial charge in [0.15, 0.2) is 29.7 Å². The standard InChI is InChI=1S/C20H26BNO3S.C17H20Cl2FN3O3.C14H17NO5.C11H10Cl3N3O.C7H13FO.2C7H14O2.C6H11FO2/c1-19(2)20(3,4)25-21(24-19)17-11-7-15(8-12-17)16-9-13-18(14-10-16)22-26(5,6)23;1-2-11-14(20)12(8-25-11)26-17-21-10-7-9(18)15(19)22-16(10)23(17)13-5-3-4-6-24-13;1-3-12-13(9(2)8-19-12)20-14(16)10-4-6-11(7-5-10)15(17)18;12-6-5-7-10(16-9(6)13)17(11(14)15-7)8-3-1-2-4-18-8;3*1-3-6-7(8)5(2)4-9-6;1-2-5-6(7)4(8)3-9-5/h7-14H,1-6H3;7,11-14H,2-6,8H2,1H3;4-7,9,12-13H,3,8H2,1-2H3;5,8H,1-4H2;5-7H,3-4H2,1-2H3;2*5-8H,3-4H2,1-2H3;4-6,8H,2-3H2,1H3/t;11-,12-,13?,14+;9-,12-,13+;;5-,6-,7-;5-,6-,7+;5-,6-,7-;4-,5-,6-/m.11.1111/s1. The van der Waals surface area contributed by atoms with Crippen LogP contribution in [0.25, 0.3) is 33.5 Å². The van der Waals surface area contributed by atoms with E-state index in [0.29, 0.717) is 87.7 Å². The van der Waals surface area contributed by atoms with Crippen LogP contribution < -0.4 is 10.2 Å². The SMILES string of the molecule is CC1(C)OB(c2ccc(-c3ccc(N=S(C)(C)=O)cc3)cc2)OC1(C)C.CC[C@H]1OC[C@@H](C)[C@@H]1O.CC[C@H]1OC[C@@H](C)[C@@H]1OC(=O)c1ccc([N+](=O)[O-])cc1.CC[C@H]1OC[C@@H](C)[C@H]1F.CC[C@H]1OC[C@@H](C)[C@H]1O.CC[C@H]1OC[C@@H](O)[C@H]1F.CC[C@H]1OC[C@@H](Oc2nc3cc(Cl)c(Cl)nc3n2C2CCCCO2)[C@H]1F.Clc1cc2nc(Cl)n(C3CCCCO3)c2nc1Cl. The molecule has 0 radical (unpaired) electrons. The first-order valence-corrected chi connectivity index (χ1v) is 47.9. The number of hydrogen-bond donors (Lipinski definition) is 3. The fourth-order valence-electron chi connectivity index (χ4n) is 15.2. The number of imidazole rings is 2. The number of hydrogen-bond acceptors (Lipinski definition) is 24. The summed E-state index contributed by atoms with van der Waals surface area (Å²) in [6.07, 6.45) is 7.12. The van der Waals surface area contributed by atoms with Gasteiger partial charge in [0.25, 0.3) is 5.69 Å². The molecule has 13 heterocycles. The number of non-ortho nitro benzene ring substituents is 1. The highest BCUT2D eigenvalue weighted by Gasteiger charge is 2.52. The lowest BCUT2D eigenvalue weighted by atomic mass is 9.78. The van der Waals surface area contributed by atoms with Crippen LogP contribution in [-0.2, 0) is 61.7 Å². The Morgan fingerprint density at radius 3 is 1.40 bits per heavy atom. The van der Waals surface area contributed by atoms with Gasteiger partial charge in [-0.05, 0) is 169 Å². The van der Waals surface area contributed by atoms with Crippen LogP contribution in [0.5, 0.6) is 6.01 Å². The fourth-order valence-corrected chi connectivity index (χ4v) is 16.7. The summed E-state index contributed by atoms with van der Waals surface area (Å²) in [5.74, 6) is 0.447. The number of rotatable bonds is 16. The van der Waals surface area contributed by atoms with Gasteiger partial charge in [0.2, 0.25) is 5.28 Å². The minimum absolute atomic E-state index is 0.0504. The van der Waals surface area contributed by atoms with Crippen molar-refractivity contribution in [2.24, 2.45) is 28.0 Å². The topological polar surface area (TPSA) is 323 Å². The van der Waals surface area contributed by atoms with Crippen molar-refractivity contribution in [3.63, 3.8) is 0 Å². The normalized spacial score (nSPS) is 29.4. The van der Waals surface area contributed by atoms with E-state index in [2.05, 4.69) is 64.1 Å². The van der Waals surface area contributed by atoms with E-state index in [1.165, 1.54) is 24.3 Å². The molecule has 3 aromatic carbocycles. The average Bonchev–Trinajstić information content (AvgIpc) is 1.62. The van der Waals surface area contributed by atoms with Crippen molar-refractivity contribution >= 4 is 120 Å². The van der Waals surface area contributed by atoms with Crippen molar-refractivity contribution in [3.05, 3.63) is 126 Å². The molecule has 9 fully saturated rings. The maximum Gasteiger partial charge on any atom is 0.494 e. The van der Waals surface area contributed by atoms with Crippen molar-refractivity contribution in [1.82, 2.24) is 29.1 Å². The Bertz CT molecular complexity index is 4610. The first-order chi connectivity index (χ1) is 59.7. The molecule has 2 unspecified atom stereocenters. The molecule has 0 spiro atoms. The summed E-state index contributed by atoms with van der Waals surface area (Å²) in [6, 6.07) is 24.9. The smallest absolute Gasteiger partial charge is 0.456 e. The lowest BCUT2D eigenvalue weighted by Crippen LogP contribution is -2.41. The third-order valence-electron chi connectivity index (χ3n) is 23.6. The summed E-state index contributed by atoms with van der Waals surface area (Å²) < 4.78 is 126. The maximum atomic E-state index is 14.5. The van der Waals surface area contributed by atoms with E-state index < -0.39 is 57.4 Å². The number of fused-ring (bicyclic) bond motifs is 2. The Kier molecular flexibility index (Phi) is 39.7. The predicted octanol–water partition coefficient (Wildman–Crippen LogP) is 18.8. The van der Waals surface area contributed by atoms with E-state index in [1.54, 1.807) is 33.8 Å². The fraction of sp³-hybridized carbons (Fsp3) is 0.652. The maximum absolute atomic E-state index is 14.5. The zero-order chi connectivity index (χ0) is 92.2. The molecule has 0 saturated carbocycles. The van der Waals surface area contributed by atoms with Crippen LogP contribution in [-0.4, -0.2) is 229 Å². The average molecular weight is 1890 g/mol. The number of halogens is 8. The lowest BCUT2D eigenvalue weighted by molar-refractivity contribution is -0.384. The van der Waals surface area contributed by atoms with E-state index in [9.17, 15) is 42.5 Å². The quantitative estimate of drug-likeness (QED) is 0.0266. The molecule has 20 atom stereocenters. The Balaban J connectivity index is 0.000000169. The molecule has 4 aromatic heterocycles. The number of aliphatic hydroxyl groups is 3. The second-order valence-electron chi connectivity index (χ2n) is 34.2. The number of ether oxygens (including phenoxy) is 10. The number of nitro groups is 1. The van der Waals surface area contributed by atoms with E-state index in [4.69, 9.17) is 120 Å². The molecule has 7 aromatic rings. The zero-order valence-electron chi connectivity index (χ0n) is 74.7. The van der Waals surface area contributed by atoms with Crippen LogP contribution in [0.2, 0.25) is 25.6 Å². The molecular weight excluding hydrogens is 1760 g/mol. The summed E-state index contributed by atoms with van der Waals surface area (Å²) in [5.41, 5.74) is 5.80. The van der Waals surface area contributed by atoms with Crippen molar-refractivity contribution in [2.45, 2.75) is 283 Å². The summed E-state index contributed by atoms with van der Waals surface area (Å²) in [6.45, 7) is 32.2. The Labute approximate surface area is 763 Å². The molecule has 9 saturated heterocycles. The minimum atomic E-state index is -2.14. The number of alkyl halides is 3. The molecule has 37 heteroatoms. The number of esters is 1. The van der Waals surface area contributed by atoms with Crippen LogP contribution in [0, 0.1) is 33.8 Å². The van der Waals surface area contributed by atoms with E-state index in [-0.39, 0.29) is 127 Å². The number of aromatic nitrogens is 6. The number of carbonyl (C=O) groups excluding carboxylic acids is 1. The molecule has 0 amide bonds. The van der Waals surface area contributed by atoms with Gasteiger partial charge in [-0.2, -0.15) is 9.35 Å². The molecule has 0 aliphatic carbocycles. The largest absolute Gasteiger partial charge is 0.494 e. The number of benzene rings is 3. The first-order valence-electron chi connectivity index (χ1n) is 43.6. The van der Waals surface area contributed by atoms with Crippen molar-refractivity contribution in [1.29, 1.82) is 0 Å². The molecule has 16 rings (SSSR count). The highest BCUT2D eigenvalue weighted by molar-refractivity contribution is 7.92. The molecule has 0 bridgehead atoms. The van der Waals surface area contributed by atoms with Gasteiger partial charge in [-0.25, -0.2) is 37.1 Å². The minimum Gasteiger partial charge on any atom is -0.456 e. The lowest BCUT2D eigenvalue weighted by Gasteiger charge is -2.32. The van der Waals surface area contributed by atoms with Crippen LogP contribution in [0.3, 0.4) is 0 Å². The van der Waals surface area contributed by atoms with E-state index in [1.807, 2.05) is 106 Å². The molecule has 9 aliphatic heterocycles. The number of aliphatic hydroxyl groups excluding tert-OH is 3. The Morgan fingerprint density at radius 2 is 0.992 bits per heavy atom. The monoisotopic (exact) mass is 1880 g/mol. The van der Waals surface area contributed by atoms with Crippen LogP contribution in [0.1, 0.15) is 197 Å². The number of carbonyl (C=O) groups is 1. The van der Waals surface area contributed by atoms with E-state index >= 15 is 0 Å². The summed E-state index contributed by atoms with van der Waals surface area (Å²) in [4.78, 5) is 39.4. The Morgan fingerprint density at radius 1 is 0.556 bits per heavy atom. The predicted molar refractivity (Wildman–Crippen MR) is 484 cm³/mol. The number of nitro benzene ring substituents is 1. The molecule has 126 heavy (non-hydrogen) atoms. The number of pyridine rings is 2. The summed E-state index contributed by atoms with van der Waals surface area (Å²) >= 11 is 30.2. The van der Waals surface area contributed by atoms with Crippen LogP contribution in [0.15, 0.2) is 89.3 Å². The second-order valence-corrected chi connectivity index (χ2v) is 38.6. The third kappa shape index (κ3) is 27.7. The molecule has 9 aliphatic rings. The number of nitrogens with zero attached hydrogens (tertiary/aromatic N) is 8. The van der Waals surface area contributed by atoms with Crippen molar-refractivity contribution in [2.75, 3.05) is 65.4 Å². The highest BCUT2D eigenvalue weighted by atomic mass is 35.5. The summed E-state index contributed by atoms with van der Waals surface area (Å²) in [5, 5.41) is 39.5. The van der Waals surface area contributed by atoms with Gasteiger partial charge < -0.3 is 72.0 Å². The zero-order valence-corrected chi connectivity index (χ0v) is 79.3. The van der Waals surface area contributed by atoms with Crippen LogP contribution in [0.4, 0.5) is 24.5 Å². The first kappa shape index (κ1) is 104. The molecule has 3 N–H and O–H groups in total. The third-order valence-corrected chi connectivity index (χ3v) is 25.9.